The van der Waals surface area contributed by atoms with E-state index in [2.05, 4.69) is 0 Å². The molecule has 2 aromatic rings. The van der Waals surface area contributed by atoms with Crippen LogP contribution in [0.25, 0.3) is 0 Å². The van der Waals surface area contributed by atoms with E-state index < -0.39 is 40.9 Å². The predicted octanol–water partition coefficient (Wildman–Crippen LogP) is 5.33. The van der Waals surface area contributed by atoms with E-state index in [0.29, 0.717) is 0 Å². The summed E-state index contributed by atoms with van der Waals surface area (Å²) < 4.78 is 87.2. The van der Waals surface area contributed by atoms with Crippen molar-refractivity contribution in [3.8, 4) is 11.5 Å². The van der Waals surface area contributed by atoms with Gasteiger partial charge in [0.2, 0.25) is 0 Å². The zero-order valence-electron chi connectivity index (χ0n) is 14.8. The third-order valence-electron chi connectivity index (χ3n) is 3.73. The van der Waals surface area contributed by atoms with E-state index in [9.17, 15) is 36.2 Å². The normalized spacial score (nSPS) is 11.9. The summed E-state index contributed by atoms with van der Waals surface area (Å²) >= 11 is 0. The van der Waals surface area contributed by atoms with Gasteiger partial charge in [0.1, 0.15) is 29.2 Å². The van der Waals surface area contributed by atoms with Crippen LogP contribution < -0.4 is 4.74 Å². The summed E-state index contributed by atoms with van der Waals surface area (Å²) in [6.45, 7) is -0.276. The highest BCUT2D eigenvalue weighted by Crippen LogP contribution is 2.45. The van der Waals surface area contributed by atoms with Gasteiger partial charge >= 0.3 is 18.3 Å². The third kappa shape index (κ3) is 6.58. The summed E-state index contributed by atoms with van der Waals surface area (Å²) in [5.74, 6) is -3.22. The maximum Gasteiger partial charge on any atom is 0.420 e. The lowest BCUT2D eigenvalue weighted by molar-refractivity contribution is -0.146. The van der Waals surface area contributed by atoms with Gasteiger partial charge < -0.3 is 14.6 Å². The van der Waals surface area contributed by atoms with Gasteiger partial charge in [-0.25, -0.2) is 0 Å². The number of hydrogen-bond acceptors (Lipinski definition) is 4. The van der Waals surface area contributed by atoms with Crippen LogP contribution in [0.5, 0.6) is 11.5 Å². The minimum Gasteiger partial charge on any atom is -0.507 e. The Kier molecular flexibility index (Phi) is 6.99. The fourth-order valence-electron chi connectivity index (χ4n) is 2.34. The van der Waals surface area contributed by atoms with E-state index in [4.69, 9.17) is 9.47 Å². The first kappa shape index (κ1) is 22.4. The molecule has 10 heteroatoms. The molecule has 0 saturated heterocycles. The second kappa shape index (κ2) is 9.06. The maximum atomic E-state index is 12.9. The van der Waals surface area contributed by atoms with Gasteiger partial charge in [0.25, 0.3) is 0 Å². The van der Waals surface area contributed by atoms with Crippen molar-refractivity contribution in [1.29, 1.82) is 0 Å². The molecule has 2 rings (SSSR count). The van der Waals surface area contributed by atoms with Crippen LogP contribution in [-0.2, 0) is 28.5 Å². The van der Waals surface area contributed by atoms with Crippen LogP contribution in [0.2, 0.25) is 0 Å². The van der Waals surface area contributed by atoms with Crippen molar-refractivity contribution < 1.29 is 45.7 Å². The molecule has 0 amide bonds. The summed E-state index contributed by atoms with van der Waals surface area (Å²) in [6, 6.07) is 9.37. The van der Waals surface area contributed by atoms with Crippen molar-refractivity contribution in [1.82, 2.24) is 0 Å². The molecule has 0 atom stereocenters. The van der Waals surface area contributed by atoms with E-state index >= 15 is 0 Å². The van der Waals surface area contributed by atoms with Gasteiger partial charge in [-0.2, -0.15) is 26.3 Å². The maximum absolute atomic E-state index is 12.9. The van der Waals surface area contributed by atoms with Crippen LogP contribution in [0.1, 0.15) is 29.5 Å². The highest BCUT2D eigenvalue weighted by atomic mass is 19.4. The number of halogens is 6. The van der Waals surface area contributed by atoms with Crippen molar-refractivity contribution in [2.75, 3.05) is 6.61 Å². The average Bonchev–Trinajstić information content (AvgIpc) is 2.63. The molecule has 0 radical (unpaired) electrons. The lowest BCUT2D eigenvalue weighted by Crippen LogP contribution is -2.13. The largest absolute Gasteiger partial charge is 0.507 e. The number of phenols is 1. The van der Waals surface area contributed by atoms with Crippen LogP contribution in [0.4, 0.5) is 26.3 Å². The Morgan fingerprint density at radius 2 is 1.48 bits per heavy atom. The molecule has 0 spiro atoms. The Morgan fingerprint density at radius 1 is 0.931 bits per heavy atom. The summed E-state index contributed by atoms with van der Waals surface area (Å²) in [6.07, 6.45) is -10.5. The van der Waals surface area contributed by atoms with Crippen LogP contribution >= 0.6 is 0 Å². The highest BCUT2D eigenvalue weighted by molar-refractivity contribution is 5.69. The molecular formula is C19H16F6O4. The Morgan fingerprint density at radius 3 is 2.00 bits per heavy atom. The molecule has 1 N–H and O–H groups in total. The zero-order chi connectivity index (χ0) is 21.7. The smallest absolute Gasteiger partial charge is 0.420 e. The Labute approximate surface area is 161 Å². The summed E-state index contributed by atoms with van der Waals surface area (Å²) in [5.41, 5.74) is -2.95. The molecule has 158 valence electrons. The van der Waals surface area contributed by atoms with Gasteiger partial charge in [0, 0.05) is 6.42 Å². The number of esters is 1. The van der Waals surface area contributed by atoms with Gasteiger partial charge in [0.15, 0.2) is 0 Å². The van der Waals surface area contributed by atoms with Crippen LogP contribution in [-0.4, -0.2) is 17.7 Å². The van der Waals surface area contributed by atoms with Gasteiger partial charge in [0.05, 0.1) is 6.61 Å². The van der Waals surface area contributed by atoms with Crippen molar-refractivity contribution in [2.45, 2.75) is 31.8 Å². The van der Waals surface area contributed by atoms with E-state index in [0.717, 1.165) is 5.56 Å². The summed E-state index contributed by atoms with van der Waals surface area (Å²) in [5, 5.41) is 9.33. The first-order valence-corrected chi connectivity index (χ1v) is 8.32. The lowest BCUT2D eigenvalue weighted by atomic mass is 10.1. The zero-order valence-corrected chi connectivity index (χ0v) is 14.8. The third-order valence-corrected chi connectivity index (χ3v) is 3.73. The molecule has 0 bridgehead atoms. The number of hydrogen-bond donors (Lipinski definition) is 1. The Balaban J connectivity index is 1.93. The van der Waals surface area contributed by atoms with Gasteiger partial charge in [-0.3, -0.25) is 4.79 Å². The van der Waals surface area contributed by atoms with Gasteiger partial charge in [-0.15, -0.1) is 0 Å². The second-order valence-corrected chi connectivity index (χ2v) is 5.96. The number of aromatic hydroxyl groups is 1. The quantitative estimate of drug-likeness (QED) is 0.372. The monoisotopic (exact) mass is 422 g/mol. The molecule has 0 aliphatic heterocycles. The standard InChI is InChI=1S/C19H16F6O4/c20-18(21,22)14-9-13(10-15(17(14)27)19(23,24)25)28-8-4-7-16(26)29-11-12-5-2-1-3-6-12/h1-3,5-6,9-10,27H,4,7-8,11H2. The highest BCUT2D eigenvalue weighted by Gasteiger charge is 2.42. The number of rotatable bonds is 7. The van der Waals surface area contributed by atoms with Gasteiger partial charge in [-0.05, 0) is 24.1 Å². The molecule has 0 fully saturated rings. The van der Waals surface area contributed by atoms with Crippen LogP contribution in [0, 0.1) is 0 Å². The van der Waals surface area contributed by atoms with Crippen molar-refractivity contribution in [2.24, 2.45) is 0 Å². The topological polar surface area (TPSA) is 55.8 Å². The Bertz CT molecular complexity index is 796. The first-order chi connectivity index (χ1) is 13.5. The number of carbonyl (C=O) groups excluding carboxylic acids is 1. The number of carbonyl (C=O) groups is 1. The van der Waals surface area contributed by atoms with Crippen molar-refractivity contribution in [3.63, 3.8) is 0 Å². The molecule has 0 aliphatic carbocycles. The molecule has 29 heavy (non-hydrogen) atoms. The first-order valence-electron chi connectivity index (χ1n) is 8.32. The van der Waals surface area contributed by atoms with Crippen molar-refractivity contribution in [3.05, 3.63) is 59.2 Å². The van der Waals surface area contributed by atoms with Crippen LogP contribution in [0.15, 0.2) is 42.5 Å². The molecule has 0 aliphatic rings. The molecule has 0 saturated carbocycles. The molecule has 4 nitrogen and oxygen atoms in total. The molecule has 0 heterocycles. The number of benzene rings is 2. The van der Waals surface area contributed by atoms with E-state index in [1.165, 1.54) is 0 Å². The summed E-state index contributed by atoms with van der Waals surface area (Å²) in [4.78, 5) is 11.6. The minimum absolute atomic E-state index is 0.0111. The minimum atomic E-state index is -5.20. The molecule has 0 aromatic heterocycles. The van der Waals surface area contributed by atoms with Gasteiger partial charge in [-0.1, -0.05) is 30.3 Å². The predicted molar refractivity (Wildman–Crippen MR) is 89.1 cm³/mol. The summed E-state index contributed by atoms with van der Waals surface area (Å²) in [7, 11) is 0. The van der Waals surface area contributed by atoms with E-state index in [-0.39, 0.29) is 38.2 Å². The Hall–Kier alpha value is -2.91. The number of phenolic OH excluding ortho intramolecular Hbond substituents is 1. The lowest BCUT2D eigenvalue weighted by Gasteiger charge is -2.17. The number of ether oxygens (including phenoxy) is 2. The van der Waals surface area contributed by atoms with E-state index in [1.54, 1.807) is 30.3 Å². The fraction of sp³-hybridized carbons (Fsp3) is 0.316. The molecule has 2 aromatic carbocycles. The SMILES string of the molecule is O=C(CCCOc1cc(C(F)(F)F)c(O)c(C(F)(F)F)c1)OCc1ccccc1. The van der Waals surface area contributed by atoms with Crippen LogP contribution in [0.3, 0.4) is 0 Å². The van der Waals surface area contributed by atoms with Crippen molar-refractivity contribution >= 4 is 5.97 Å². The number of alkyl halides is 6. The average molecular weight is 422 g/mol. The molecular weight excluding hydrogens is 406 g/mol. The second-order valence-electron chi connectivity index (χ2n) is 5.96. The fourth-order valence-corrected chi connectivity index (χ4v) is 2.34. The van der Waals surface area contributed by atoms with E-state index in [1.807, 2.05) is 0 Å². The molecule has 0 unspecified atom stereocenters.